The number of ketones is 1. The molecule has 4 aliphatic rings. The number of aliphatic hydroxyl groups is 1. The van der Waals surface area contributed by atoms with Crippen LogP contribution in [0, 0.1) is 5.92 Å². The zero-order chi connectivity index (χ0) is 24.8. The van der Waals surface area contributed by atoms with Gasteiger partial charge in [-0.3, -0.25) is 9.69 Å². The van der Waals surface area contributed by atoms with Crippen LogP contribution in [0.2, 0.25) is 0 Å². The number of ether oxygens (including phenoxy) is 1. The molecule has 2 fully saturated rings. The van der Waals surface area contributed by atoms with Gasteiger partial charge in [-0.1, -0.05) is 56.3 Å². The van der Waals surface area contributed by atoms with E-state index in [1.807, 2.05) is 30.3 Å². The normalized spacial score (nSPS) is 31.7. The Kier molecular flexibility index (Phi) is 4.56. The zero-order valence-corrected chi connectivity index (χ0v) is 20.7. The predicted molar refractivity (Wildman–Crippen MR) is 139 cm³/mol. The average Bonchev–Trinajstić information content (AvgIpc) is 3.21. The Hall–Kier alpha value is -3.15. The summed E-state index contributed by atoms with van der Waals surface area (Å²) in [6.45, 7) is 6.11. The lowest BCUT2D eigenvalue weighted by Gasteiger charge is -2.63. The van der Waals surface area contributed by atoms with E-state index in [0.29, 0.717) is 30.1 Å². The van der Waals surface area contributed by atoms with Gasteiger partial charge >= 0.3 is 0 Å². The van der Waals surface area contributed by atoms with Crippen molar-refractivity contribution in [3.05, 3.63) is 76.9 Å². The van der Waals surface area contributed by atoms with Crippen molar-refractivity contribution < 1.29 is 19.7 Å². The summed E-state index contributed by atoms with van der Waals surface area (Å²) >= 11 is 0. The highest BCUT2D eigenvalue weighted by molar-refractivity contribution is 6.06. The molecule has 2 N–H and O–H groups in total. The predicted octanol–water partition coefficient (Wildman–Crippen LogP) is 4.62. The molecule has 184 valence electrons. The van der Waals surface area contributed by atoms with Crippen LogP contribution in [0.1, 0.15) is 43.4 Å². The Morgan fingerprint density at radius 2 is 1.94 bits per heavy atom. The fraction of sp³-hybridized carbons (Fsp3) is 0.387. The van der Waals surface area contributed by atoms with Gasteiger partial charge in [-0.15, -0.1) is 0 Å². The van der Waals surface area contributed by atoms with E-state index in [1.165, 1.54) is 0 Å². The summed E-state index contributed by atoms with van der Waals surface area (Å²) in [5.74, 6) is 0.836. The van der Waals surface area contributed by atoms with E-state index in [2.05, 4.69) is 43.0 Å². The Labute approximate surface area is 211 Å². The second kappa shape index (κ2) is 7.44. The van der Waals surface area contributed by atoms with Crippen molar-refractivity contribution in [3.63, 3.8) is 0 Å². The molecule has 2 aliphatic heterocycles. The van der Waals surface area contributed by atoms with Gasteiger partial charge in [0.1, 0.15) is 0 Å². The SMILES string of the molecule is CC(C)CN1CCC23c4c5ccc(O)c4O[C@H]2C(=O)/C(=C\c2ccc4ccccc4c2)C[C@@]3(O)[C@H]1C5. The van der Waals surface area contributed by atoms with Crippen LogP contribution in [0.4, 0.5) is 0 Å². The van der Waals surface area contributed by atoms with Crippen molar-refractivity contribution in [1.29, 1.82) is 0 Å². The first kappa shape index (κ1) is 22.1. The van der Waals surface area contributed by atoms with E-state index < -0.39 is 17.1 Å². The topological polar surface area (TPSA) is 70.0 Å². The maximum absolute atomic E-state index is 14.0. The van der Waals surface area contributed by atoms with Gasteiger partial charge < -0.3 is 14.9 Å². The highest BCUT2D eigenvalue weighted by Gasteiger charge is 2.74. The quantitative estimate of drug-likeness (QED) is 0.535. The molecule has 2 aliphatic carbocycles. The fourth-order valence-corrected chi connectivity index (χ4v) is 7.65. The Bertz CT molecular complexity index is 1460. The third-order valence-electron chi connectivity index (χ3n) is 9.05. The molecule has 1 saturated heterocycles. The van der Waals surface area contributed by atoms with E-state index in [4.69, 9.17) is 4.74 Å². The first-order chi connectivity index (χ1) is 17.3. The number of nitrogens with zero attached hydrogens (tertiary/aromatic N) is 1. The van der Waals surface area contributed by atoms with E-state index in [0.717, 1.165) is 40.6 Å². The highest BCUT2D eigenvalue weighted by atomic mass is 16.5. The summed E-state index contributed by atoms with van der Waals surface area (Å²) in [6.07, 6.45) is 2.71. The summed E-state index contributed by atoms with van der Waals surface area (Å²) in [6, 6.07) is 17.9. The minimum absolute atomic E-state index is 0.0517. The van der Waals surface area contributed by atoms with E-state index in [9.17, 15) is 15.0 Å². The van der Waals surface area contributed by atoms with E-state index >= 15 is 0 Å². The lowest BCUT2D eigenvalue weighted by Crippen LogP contribution is -2.77. The van der Waals surface area contributed by atoms with Crippen LogP contribution in [-0.4, -0.2) is 51.7 Å². The number of likely N-dealkylation sites (tertiary alicyclic amines) is 1. The molecule has 36 heavy (non-hydrogen) atoms. The maximum Gasteiger partial charge on any atom is 0.200 e. The minimum Gasteiger partial charge on any atom is -0.504 e. The molecule has 1 saturated carbocycles. The molecule has 1 unspecified atom stereocenters. The monoisotopic (exact) mass is 481 g/mol. The number of piperidine rings is 1. The van der Waals surface area contributed by atoms with Crippen LogP contribution in [-0.2, 0) is 16.6 Å². The van der Waals surface area contributed by atoms with Gasteiger partial charge in [0, 0.05) is 30.1 Å². The van der Waals surface area contributed by atoms with Crippen molar-refractivity contribution in [3.8, 4) is 11.5 Å². The molecule has 7 rings (SSSR count). The van der Waals surface area contributed by atoms with Crippen LogP contribution >= 0.6 is 0 Å². The lowest BCUT2D eigenvalue weighted by molar-refractivity contribution is -0.180. The second-order valence-corrected chi connectivity index (χ2v) is 11.5. The number of phenols is 1. The first-order valence-corrected chi connectivity index (χ1v) is 13.0. The number of carbonyl (C=O) groups excluding carboxylic acids is 1. The number of fused-ring (bicyclic) bond motifs is 1. The number of hydrogen-bond acceptors (Lipinski definition) is 5. The van der Waals surface area contributed by atoms with Crippen LogP contribution in [0.25, 0.3) is 16.8 Å². The van der Waals surface area contributed by atoms with Gasteiger partial charge in [0.15, 0.2) is 23.4 Å². The minimum atomic E-state index is -1.16. The smallest absolute Gasteiger partial charge is 0.200 e. The summed E-state index contributed by atoms with van der Waals surface area (Å²) in [5.41, 5.74) is 1.51. The summed E-state index contributed by atoms with van der Waals surface area (Å²) in [4.78, 5) is 16.5. The number of hydrogen-bond donors (Lipinski definition) is 2. The molecule has 3 aromatic carbocycles. The maximum atomic E-state index is 14.0. The third-order valence-corrected chi connectivity index (χ3v) is 9.05. The lowest BCUT2D eigenvalue weighted by atomic mass is 9.48. The van der Waals surface area contributed by atoms with Gasteiger partial charge in [0.05, 0.1) is 11.0 Å². The van der Waals surface area contributed by atoms with E-state index in [1.54, 1.807) is 6.07 Å². The van der Waals surface area contributed by atoms with Crippen LogP contribution in [0.5, 0.6) is 11.5 Å². The number of phenolic OH excluding ortho intramolecular Hbond substituents is 1. The number of Topliss-reactive ketones (excluding diaryl/α,β-unsaturated/α-hetero) is 1. The number of rotatable bonds is 3. The molecule has 5 nitrogen and oxygen atoms in total. The van der Waals surface area contributed by atoms with Gasteiger partial charge in [-0.2, -0.15) is 0 Å². The van der Waals surface area contributed by atoms with Crippen LogP contribution in [0.3, 0.4) is 0 Å². The molecule has 5 heteroatoms. The molecule has 3 aromatic rings. The molecule has 2 heterocycles. The fourth-order valence-electron chi connectivity index (χ4n) is 7.65. The van der Waals surface area contributed by atoms with Gasteiger partial charge in [-0.25, -0.2) is 0 Å². The van der Waals surface area contributed by atoms with Crippen molar-refractivity contribution in [2.24, 2.45) is 5.92 Å². The Balaban J connectivity index is 1.40. The molecule has 4 atom stereocenters. The average molecular weight is 482 g/mol. The molecular weight excluding hydrogens is 450 g/mol. The van der Waals surface area contributed by atoms with Crippen molar-refractivity contribution >= 4 is 22.6 Å². The molecule has 0 aromatic heterocycles. The largest absolute Gasteiger partial charge is 0.504 e. The van der Waals surface area contributed by atoms with Crippen molar-refractivity contribution in [2.45, 2.75) is 56.3 Å². The molecule has 2 bridgehead atoms. The Morgan fingerprint density at radius 3 is 2.75 bits per heavy atom. The third kappa shape index (κ3) is 2.76. The second-order valence-electron chi connectivity index (χ2n) is 11.5. The van der Waals surface area contributed by atoms with Gasteiger partial charge in [0.2, 0.25) is 0 Å². The molecular formula is C31H31NO4. The number of benzene rings is 3. The van der Waals surface area contributed by atoms with Gasteiger partial charge in [-0.05, 0) is 65.4 Å². The van der Waals surface area contributed by atoms with Crippen molar-refractivity contribution in [2.75, 3.05) is 13.1 Å². The van der Waals surface area contributed by atoms with Gasteiger partial charge in [0.25, 0.3) is 0 Å². The standard InChI is InChI=1S/C31H31NO4/c1-18(2)17-32-12-11-30-26-22-9-10-24(33)28(26)36-29(30)27(34)23(16-31(30,35)25(32)15-22)14-19-7-8-20-5-3-4-6-21(20)13-19/h3-10,13-14,18,25,29,33,35H,11-12,15-17H2,1-2H3/b23-14-/t25-,29+,30?,31-/m1/s1. The summed E-state index contributed by atoms with van der Waals surface area (Å²) in [5, 5.41) is 25.7. The number of carbonyl (C=O) groups is 1. The highest BCUT2D eigenvalue weighted by Crippen LogP contribution is 2.65. The van der Waals surface area contributed by atoms with E-state index in [-0.39, 0.29) is 24.0 Å². The van der Waals surface area contributed by atoms with Crippen LogP contribution < -0.4 is 4.74 Å². The first-order valence-electron chi connectivity index (χ1n) is 13.0. The zero-order valence-electron chi connectivity index (χ0n) is 20.7. The molecule has 1 spiro atoms. The molecule has 0 amide bonds. The summed E-state index contributed by atoms with van der Waals surface area (Å²) in [7, 11) is 0. The molecule has 0 radical (unpaired) electrons. The summed E-state index contributed by atoms with van der Waals surface area (Å²) < 4.78 is 6.32. The van der Waals surface area contributed by atoms with Crippen LogP contribution in [0.15, 0.2) is 60.2 Å². The van der Waals surface area contributed by atoms with Crippen molar-refractivity contribution in [1.82, 2.24) is 4.90 Å². The Morgan fingerprint density at radius 1 is 1.14 bits per heavy atom. The number of aromatic hydroxyl groups is 1.